The van der Waals surface area contributed by atoms with Crippen molar-refractivity contribution in [1.82, 2.24) is 30.4 Å². The van der Waals surface area contributed by atoms with Gasteiger partial charge in [-0.05, 0) is 21.6 Å². The lowest BCUT2D eigenvalue weighted by atomic mass is 9.98. The maximum Gasteiger partial charge on any atom is 0.333 e. The standard InChI is InChI=1S/C25H24N6O6S/c1-15(32)36-18-13-38-24-20(27-19(33)12-30-14-26-28-29-30)23(34)31(24)21(18)25(35)37-22(16-8-4-2-5-9-16)17-10-6-3-7-11-17/h2-11,14,18,20-22,24H,12-13H2,1H3,(H,27,33)/t18?,20-,21-,24+/m1/s1. The number of benzene rings is 2. The molecule has 0 radical (unpaired) electrons. The predicted octanol–water partition coefficient (Wildman–Crippen LogP) is 0.706. The molecule has 1 aromatic heterocycles. The van der Waals surface area contributed by atoms with E-state index in [1.165, 1.54) is 34.6 Å². The summed E-state index contributed by atoms with van der Waals surface area (Å²) in [5.41, 5.74) is 1.50. The molecule has 13 heteroatoms. The van der Waals surface area contributed by atoms with Crippen molar-refractivity contribution in [3.63, 3.8) is 0 Å². The van der Waals surface area contributed by atoms with Crippen molar-refractivity contribution in [2.24, 2.45) is 0 Å². The predicted molar refractivity (Wildman–Crippen MR) is 133 cm³/mol. The average Bonchev–Trinajstić information content (AvgIpc) is 3.43. The minimum atomic E-state index is -1.17. The van der Waals surface area contributed by atoms with Crippen LogP contribution in [0.15, 0.2) is 67.0 Å². The van der Waals surface area contributed by atoms with Gasteiger partial charge in [0.1, 0.15) is 30.4 Å². The number of carbonyl (C=O) groups is 4. The lowest BCUT2D eigenvalue weighted by Crippen LogP contribution is -2.77. The third-order valence-corrected chi connectivity index (χ3v) is 7.54. The summed E-state index contributed by atoms with van der Waals surface area (Å²) in [6.07, 6.45) is -0.357. The Bertz CT molecular complexity index is 1270. The Morgan fingerprint density at radius 1 is 1.08 bits per heavy atom. The van der Waals surface area contributed by atoms with Gasteiger partial charge in [-0.15, -0.1) is 16.9 Å². The zero-order valence-electron chi connectivity index (χ0n) is 20.2. The molecular formula is C25H24N6O6S. The molecule has 3 heterocycles. The zero-order valence-corrected chi connectivity index (χ0v) is 21.1. The Hall–Kier alpha value is -4.26. The monoisotopic (exact) mass is 536 g/mol. The van der Waals surface area contributed by atoms with Gasteiger partial charge in [0.15, 0.2) is 12.1 Å². The molecule has 1 unspecified atom stereocenters. The first-order valence-electron chi connectivity index (χ1n) is 11.8. The molecule has 4 atom stereocenters. The van der Waals surface area contributed by atoms with Crippen molar-refractivity contribution in [3.05, 3.63) is 78.1 Å². The highest BCUT2D eigenvalue weighted by molar-refractivity contribution is 8.00. The van der Waals surface area contributed by atoms with Crippen LogP contribution < -0.4 is 5.32 Å². The number of nitrogens with zero attached hydrogens (tertiary/aromatic N) is 5. The van der Waals surface area contributed by atoms with E-state index in [0.29, 0.717) is 0 Å². The van der Waals surface area contributed by atoms with Gasteiger partial charge in [-0.1, -0.05) is 60.7 Å². The lowest BCUT2D eigenvalue weighted by Gasteiger charge is -2.54. The fourth-order valence-electron chi connectivity index (χ4n) is 4.52. The lowest BCUT2D eigenvalue weighted by molar-refractivity contribution is -0.178. The van der Waals surface area contributed by atoms with Crippen molar-refractivity contribution < 1.29 is 28.7 Å². The normalized spacial score (nSPS) is 22.3. The van der Waals surface area contributed by atoms with Crippen LogP contribution >= 0.6 is 11.8 Å². The van der Waals surface area contributed by atoms with E-state index in [1.54, 1.807) is 0 Å². The van der Waals surface area contributed by atoms with E-state index < -0.39 is 53.4 Å². The summed E-state index contributed by atoms with van der Waals surface area (Å²) in [5.74, 6) is -1.96. The van der Waals surface area contributed by atoms with Crippen LogP contribution in [0.3, 0.4) is 0 Å². The Labute approximate surface area is 221 Å². The summed E-state index contributed by atoms with van der Waals surface area (Å²) in [7, 11) is 0. The number of aromatic nitrogens is 4. The number of fused-ring (bicyclic) bond motifs is 1. The number of β-lactam (4-membered cyclic amide) rings is 1. The number of nitrogens with one attached hydrogen (secondary N) is 1. The van der Waals surface area contributed by atoms with Crippen LogP contribution in [0.2, 0.25) is 0 Å². The van der Waals surface area contributed by atoms with Gasteiger partial charge in [-0.3, -0.25) is 14.4 Å². The summed E-state index contributed by atoms with van der Waals surface area (Å²) in [6.45, 7) is 1.08. The number of thioether (sulfide) groups is 1. The molecule has 1 N–H and O–H groups in total. The maximum absolute atomic E-state index is 13.7. The van der Waals surface area contributed by atoms with Crippen molar-refractivity contribution in [2.45, 2.75) is 43.1 Å². The second kappa shape index (κ2) is 11.0. The molecule has 3 aromatic rings. The smallest absolute Gasteiger partial charge is 0.333 e. The van der Waals surface area contributed by atoms with Crippen LogP contribution in [0.25, 0.3) is 0 Å². The van der Waals surface area contributed by atoms with Crippen LogP contribution in [0.5, 0.6) is 0 Å². The summed E-state index contributed by atoms with van der Waals surface area (Å²) in [6, 6.07) is 16.5. The highest BCUT2D eigenvalue weighted by Gasteiger charge is 2.59. The molecule has 2 aliphatic heterocycles. The van der Waals surface area contributed by atoms with Gasteiger partial charge in [0.25, 0.3) is 0 Å². The number of rotatable bonds is 8. The molecule has 0 aliphatic carbocycles. The topological polar surface area (TPSA) is 146 Å². The van der Waals surface area contributed by atoms with Gasteiger partial charge >= 0.3 is 11.9 Å². The maximum atomic E-state index is 13.7. The molecule has 12 nitrogen and oxygen atoms in total. The van der Waals surface area contributed by atoms with E-state index in [-0.39, 0.29) is 12.3 Å². The number of ether oxygens (including phenoxy) is 2. The first kappa shape index (κ1) is 25.4. The molecule has 2 fully saturated rings. The van der Waals surface area contributed by atoms with Gasteiger partial charge in [-0.25, -0.2) is 9.48 Å². The molecule has 0 saturated carbocycles. The summed E-state index contributed by atoms with van der Waals surface area (Å²) < 4.78 is 12.7. The van der Waals surface area contributed by atoms with Crippen molar-refractivity contribution >= 4 is 35.5 Å². The van der Waals surface area contributed by atoms with Crippen molar-refractivity contribution in [3.8, 4) is 0 Å². The second-order valence-electron chi connectivity index (χ2n) is 8.75. The van der Waals surface area contributed by atoms with E-state index in [1.807, 2.05) is 60.7 Å². The van der Waals surface area contributed by atoms with E-state index in [2.05, 4.69) is 20.8 Å². The first-order valence-corrected chi connectivity index (χ1v) is 12.9. The van der Waals surface area contributed by atoms with Crippen LogP contribution in [-0.2, 0) is 35.2 Å². The first-order chi connectivity index (χ1) is 18.4. The number of carbonyl (C=O) groups excluding carboxylic acids is 4. The second-order valence-corrected chi connectivity index (χ2v) is 9.90. The molecule has 2 amide bonds. The third-order valence-electron chi connectivity index (χ3n) is 6.17. The molecular weight excluding hydrogens is 512 g/mol. The minimum absolute atomic E-state index is 0.161. The highest BCUT2D eigenvalue weighted by Crippen LogP contribution is 2.40. The number of hydrogen-bond donors (Lipinski definition) is 1. The molecule has 0 bridgehead atoms. The third kappa shape index (κ3) is 5.23. The van der Waals surface area contributed by atoms with Gasteiger partial charge in [0, 0.05) is 12.7 Å². The molecule has 196 valence electrons. The largest absolute Gasteiger partial charge is 0.459 e. The Morgan fingerprint density at radius 3 is 2.32 bits per heavy atom. The van der Waals surface area contributed by atoms with E-state index in [4.69, 9.17) is 9.47 Å². The summed E-state index contributed by atoms with van der Waals surface area (Å²) in [5, 5.41) is 12.8. The van der Waals surface area contributed by atoms with Crippen LogP contribution in [0, 0.1) is 0 Å². The van der Waals surface area contributed by atoms with Crippen LogP contribution in [0.1, 0.15) is 24.2 Å². The molecule has 2 saturated heterocycles. The Balaban J connectivity index is 1.36. The fraction of sp³-hybridized carbons (Fsp3) is 0.320. The van der Waals surface area contributed by atoms with E-state index in [0.717, 1.165) is 11.1 Å². The quantitative estimate of drug-likeness (QED) is 0.323. The number of hydrogen-bond acceptors (Lipinski definition) is 10. The van der Waals surface area contributed by atoms with Gasteiger partial charge < -0.3 is 19.7 Å². The SMILES string of the molecule is CC(=O)OC1CS[C@H]2[C@H](NC(=O)Cn3cnnn3)C(=O)N2[C@H]1C(=O)OC(c1ccccc1)c1ccccc1. The van der Waals surface area contributed by atoms with E-state index in [9.17, 15) is 19.2 Å². The Kier molecular flexibility index (Phi) is 7.36. The number of tetrazole rings is 1. The molecule has 5 rings (SSSR count). The number of esters is 2. The minimum Gasteiger partial charge on any atom is -0.459 e. The van der Waals surface area contributed by atoms with Crippen molar-refractivity contribution in [1.29, 1.82) is 0 Å². The van der Waals surface area contributed by atoms with E-state index >= 15 is 0 Å². The molecule has 2 aliphatic rings. The fourth-order valence-corrected chi connectivity index (χ4v) is 5.93. The van der Waals surface area contributed by atoms with Crippen LogP contribution in [0.4, 0.5) is 0 Å². The van der Waals surface area contributed by atoms with Gasteiger partial charge in [-0.2, -0.15) is 0 Å². The van der Waals surface area contributed by atoms with Gasteiger partial charge in [0.05, 0.1) is 0 Å². The molecule has 0 spiro atoms. The summed E-state index contributed by atoms with van der Waals surface area (Å²) in [4.78, 5) is 52.5. The zero-order chi connectivity index (χ0) is 26.6. The summed E-state index contributed by atoms with van der Waals surface area (Å²) >= 11 is 1.32. The molecule has 2 aromatic carbocycles. The molecule has 38 heavy (non-hydrogen) atoms. The average molecular weight is 537 g/mol. The Morgan fingerprint density at radius 2 is 1.74 bits per heavy atom. The van der Waals surface area contributed by atoms with Crippen molar-refractivity contribution in [2.75, 3.05) is 5.75 Å². The van der Waals surface area contributed by atoms with Gasteiger partial charge in [0.2, 0.25) is 11.8 Å². The number of amides is 2. The van der Waals surface area contributed by atoms with Crippen LogP contribution in [-0.4, -0.2) is 78.2 Å². The highest BCUT2D eigenvalue weighted by atomic mass is 32.2.